The zero-order chi connectivity index (χ0) is 14.6. The first-order valence-electron chi connectivity index (χ1n) is 6.36. The van der Waals surface area contributed by atoms with Gasteiger partial charge in [-0.05, 0) is 18.1 Å². The van der Waals surface area contributed by atoms with Crippen molar-refractivity contribution in [1.82, 2.24) is 9.29 Å². The van der Waals surface area contributed by atoms with Gasteiger partial charge in [0.15, 0.2) is 0 Å². The lowest BCUT2D eigenvalue weighted by molar-refractivity contribution is 0.471. The lowest BCUT2D eigenvalue weighted by Crippen LogP contribution is -2.30. The minimum absolute atomic E-state index is 0.0496. The van der Waals surface area contributed by atoms with E-state index in [9.17, 15) is 8.42 Å². The van der Waals surface area contributed by atoms with E-state index in [-0.39, 0.29) is 5.75 Å². The highest BCUT2D eigenvalue weighted by atomic mass is 32.2. The molecule has 20 heavy (non-hydrogen) atoms. The summed E-state index contributed by atoms with van der Waals surface area (Å²) in [5, 5.41) is 2.86. The number of rotatable bonds is 6. The second-order valence-corrected chi connectivity index (χ2v) is 7.74. The van der Waals surface area contributed by atoms with Gasteiger partial charge in [0.1, 0.15) is 0 Å². The maximum atomic E-state index is 12.3. The van der Waals surface area contributed by atoms with Crippen LogP contribution in [0, 0.1) is 6.92 Å². The maximum Gasteiger partial charge on any atom is 0.218 e. The van der Waals surface area contributed by atoms with Crippen LogP contribution in [0.2, 0.25) is 0 Å². The molecule has 108 valence electrons. The van der Waals surface area contributed by atoms with Gasteiger partial charge in [-0.3, -0.25) is 0 Å². The maximum absolute atomic E-state index is 12.3. The Morgan fingerprint density at radius 3 is 2.70 bits per heavy atom. The van der Waals surface area contributed by atoms with Crippen molar-refractivity contribution in [3.63, 3.8) is 0 Å². The summed E-state index contributed by atoms with van der Waals surface area (Å²) in [6, 6.07) is 7.58. The number of aromatic nitrogens is 1. The van der Waals surface area contributed by atoms with Gasteiger partial charge in [0.25, 0.3) is 0 Å². The van der Waals surface area contributed by atoms with Crippen LogP contribution < -0.4 is 0 Å². The van der Waals surface area contributed by atoms with Crippen molar-refractivity contribution in [1.29, 1.82) is 0 Å². The largest absolute Gasteiger partial charge is 0.250 e. The number of hydrogen-bond donors (Lipinski definition) is 0. The number of aryl methyl sites for hydroxylation is 1. The fourth-order valence-electron chi connectivity index (χ4n) is 1.85. The molecule has 1 aromatic carbocycles. The molecule has 2 rings (SSSR count). The van der Waals surface area contributed by atoms with Crippen LogP contribution in [-0.4, -0.2) is 31.3 Å². The van der Waals surface area contributed by atoms with Crippen molar-refractivity contribution in [2.45, 2.75) is 19.1 Å². The van der Waals surface area contributed by atoms with Crippen molar-refractivity contribution >= 4 is 21.4 Å². The molecule has 1 heterocycles. The first-order valence-corrected chi connectivity index (χ1v) is 8.85. The van der Waals surface area contributed by atoms with Gasteiger partial charge in [-0.1, -0.05) is 24.3 Å². The van der Waals surface area contributed by atoms with Crippen molar-refractivity contribution in [3.05, 3.63) is 52.0 Å². The molecule has 4 nitrogen and oxygen atoms in total. The molecule has 0 radical (unpaired) electrons. The summed E-state index contributed by atoms with van der Waals surface area (Å²) in [6.45, 7) is 2.39. The molecule has 2 aromatic rings. The molecule has 0 atom stereocenters. The smallest absolute Gasteiger partial charge is 0.218 e. The van der Waals surface area contributed by atoms with Crippen LogP contribution in [-0.2, 0) is 22.2 Å². The van der Waals surface area contributed by atoms with Crippen LogP contribution >= 0.6 is 11.3 Å². The fraction of sp³-hybridized carbons (Fsp3) is 0.357. The summed E-state index contributed by atoms with van der Waals surface area (Å²) >= 11 is 1.55. The quantitative estimate of drug-likeness (QED) is 0.823. The van der Waals surface area contributed by atoms with E-state index < -0.39 is 10.0 Å². The summed E-state index contributed by atoms with van der Waals surface area (Å²) in [7, 11) is -1.65. The highest BCUT2D eigenvalue weighted by Gasteiger charge is 2.19. The Balaban J connectivity index is 2.00. The molecule has 1 aromatic heterocycles. The van der Waals surface area contributed by atoms with E-state index in [1.807, 2.05) is 36.6 Å². The zero-order valence-corrected chi connectivity index (χ0v) is 13.2. The van der Waals surface area contributed by atoms with Crippen LogP contribution in [0.25, 0.3) is 0 Å². The molecular weight excluding hydrogens is 292 g/mol. The summed E-state index contributed by atoms with van der Waals surface area (Å²) < 4.78 is 26.1. The number of thiazole rings is 1. The van der Waals surface area contributed by atoms with Crippen LogP contribution in [0.15, 0.2) is 35.8 Å². The molecule has 0 aliphatic heterocycles. The second kappa shape index (κ2) is 6.47. The highest BCUT2D eigenvalue weighted by Crippen LogP contribution is 2.14. The number of likely N-dealkylation sites (N-methyl/N-ethyl adjacent to an activating group) is 1. The van der Waals surface area contributed by atoms with E-state index in [1.54, 1.807) is 24.6 Å². The van der Waals surface area contributed by atoms with Crippen molar-refractivity contribution in [3.8, 4) is 0 Å². The predicted octanol–water partition coefficient (Wildman–Crippen LogP) is 2.46. The molecule has 0 unspecified atom stereocenters. The third kappa shape index (κ3) is 3.88. The normalized spacial score (nSPS) is 11.9. The molecule has 0 saturated heterocycles. The average Bonchev–Trinajstić information content (AvgIpc) is 2.91. The summed E-state index contributed by atoms with van der Waals surface area (Å²) in [6.07, 6.45) is 2.39. The van der Waals surface area contributed by atoms with Crippen molar-refractivity contribution in [2.75, 3.05) is 13.6 Å². The number of benzene rings is 1. The number of nitrogens with zero attached hydrogens (tertiary/aromatic N) is 2. The van der Waals surface area contributed by atoms with Gasteiger partial charge < -0.3 is 0 Å². The molecule has 0 fully saturated rings. The summed E-state index contributed by atoms with van der Waals surface area (Å²) in [5.41, 5.74) is 1.86. The monoisotopic (exact) mass is 310 g/mol. The number of sulfonamides is 1. The topological polar surface area (TPSA) is 50.3 Å². The third-order valence-corrected chi connectivity index (χ3v) is 5.85. The number of hydrogen-bond acceptors (Lipinski definition) is 4. The van der Waals surface area contributed by atoms with Gasteiger partial charge >= 0.3 is 0 Å². The second-order valence-electron chi connectivity index (χ2n) is 4.68. The van der Waals surface area contributed by atoms with Crippen molar-refractivity contribution < 1.29 is 8.42 Å². The molecule has 0 N–H and O–H groups in total. The van der Waals surface area contributed by atoms with Crippen LogP contribution in [0.4, 0.5) is 0 Å². The first kappa shape index (κ1) is 15.2. The molecule has 0 amide bonds. The van der Waals surface area contributed by atoms with Crippen molar-refractivity contribution in [2.24, 2.45) is 0 Å². The summed E-state index contributed by atoms with van der Waals surface area (Å²) in [5.74, 6) is 0.0496. The van der Waals surface area contributed by atoms with Crippen LogP contribution in [0.3, 0.4) is 0 Å². The summed E-state index contributed by atoms with van der Waals surface area (Å²) in [4.78, 5) is 4.17. The Labute approximate surface area is 124 Å². The molecular formula is C14H18N2O2S2. The van der Waals surface area contributed by atoms with Gasteiger partial charge in [-0.15, -0.1) is 11.3 Å². The predicted molar refractivity (Wildman–Crippen MR) is 82.3 cm³/mol. The highest BCUT2D eigenvalue weighted by molar-refractivity contribution is 7.88. The van der Waals surface area contributed by atoms with Gasteiger partial charge in [-0.2, -0.15) is 0 Å². The Hall–Kier alpha value is -1.24. The Morgan fingerprint density at radius 2 is 2.05 bits per heavy atom. The Morgan fingerprint density at radius 1 is 1.30 bits per heavy atom. The molecule has 0 aliphatic rings. The van der Waals surface area contributed by atoms with Crippen LogP contribution in [0.1, 0.15) is 16.1 Å². The Bertz CT molecular complexity index is 652. The van der Waals surface area contributed by atoms with E-state index in [2.05, 4.69) is 4.98 Å². The fourth-order valence-corrected chi connectivity index (χ4v) is 3.76. The molecule has 0 saturated carbocycles. The van der Waals surface area contributed by atoms with E-state index in [0.29, 0.717) is 13.0 Å². The molecule has 0 spiro atoms. The standard InChI is InChI=1S/C14H18N2O2S2/c1-12-5-3-4-6-13(12)11-20(17,18)16(2)9-7-14-15-8-10-19-14/h3-6,8,10H,7,9,11H2,1-2H3. The van der Waals surface area contributed by atoms with Gasteiger partial charge in [0, 0.05) is 31.6 Å². The SMILES string of the molecule is Cc1ccccc1CS(=O)(=O)N(C)CCc1nccs1. The average molecular weight is 310 g/mol. The third-order valence-electron chi connectivity index (χ3n) is 3.20. The van der Waals surface area contributed by atoms with E-state index in [1.165, 1.54) is 4.31 Å². The van der Waals surface area contributed by atoms with E-state index in [4.69, 9.17) is 0 Å². The lowest BCUT2D eigenvalue weighted by Gasteiger charge is -2.17. The van der Waals surface area contributed by atoms with Gasteiger partial charge in [0.05, 0.1) is 10.8 Å². The van der Waals surface area contributed by atoms with Gasteiger partial charge in [-0.25, -0.2) is 17.7 Å². The minimum atomic E-state index is -3.28. The van der Waals surface area contributed by atoms with E-state index in [0.717, 1.165) is 16.1 Å². The molecule has 0 aliphatic carbocycles. The lowest BCUT2D eigenvalue weighted by atomic mass is 10.1. The first-order chi connectivity index (χ1) is 9.49. The van der Waals surface area contributed by atoms with Gasteiger partial charge in [0.2, 0.25) is 10.0 Å². The minimum Gasteiger partial charge on any atom is -0.250 e. The molecule has 0 bridgehead atoms. The molecule has 6 heteroatoms. The van der Waals surface area contributed by atoms with Crippen LogP contribution in [0.5, 0.6) is 0 Å². The van der Waals surface area contributed by atoms with E-state index >= 15 is 0 Å². The Kier molecular flexibility index (Phi) is 4.91. The zero-order valence-electron chi connectivity index (χ0n) is 11.6.